The first-order valence-electron chi connectivity index (χ1n) is 4.70. The Bertz CT molecular complexity index is 476. The SMILES string of the molecule is Nc1cccc(CSc2ncccn2)c1F. The van der Waals surface area contributed by atoms with Gasteiger partial charge in [0.15, 0.2) is 5.16 Å². The van der Waals surface area contributed by atoms with E-state index in [4.69, 9.17) is 5.73 Å². The Morgan fingerprint density at radius 3 is 2.69 bits per heavy atom. The molecule has 5 heteroatoms. The number of aromatic nitrogens is 2. The Labute approximate surface area is 96.9 Å². The summed E-state index contributed by atoms with van der Waals surface area (Å²) in [5, 5.41) is 0.629. The molecule has 2 N–H and O–H groups in total. The highest BCUT2D eigenvalue weighted by Crippen LogP contribution is 2.22. The van der Waals surface area contributed by atoms with Crippen LogP contribution in [0.5, 0.6) is 0 Å². The molecule has 0 atom stereocenters. The molecule has 0 aliphatic carbocycles. The molecule has 0 spiro atoms. The quantitative estimate of drug-likeness (QED) is 0.504. The lowest BCUT2D eigenvalue weighted by molar-refractivity contribution is 0.622. The molecular formula is C11H10FN3S. The molecule has 0 fully saturated rings. The molecule has 1 heterocycles. The van der Waals surface area contributed by atoms with Crippen molar-refractivity contribution in [2.24, 2.45) is 0 Å². The molecule has 0 saturated heterocycles. The van der Waals surface area contributed by atoms with Gasteiger partial charge in [0.2, 0.25) is 0 Å². The summed E-state index contributed by atoms with van der Waals surface area (Å²) in [7, 11) is 0. The maximum atomic E-state index is 13.5. The van der Waals surface area contributed by atoms with Crippen LogP contribution < -0.4 is 5.73 Å². The van der Waals surface area contributed by atoms with E-state index in [1.165, 1.54) is 11.8 Å². The van der Waals surface area contributed by atoms with Crippen molar-refractivity contribution in [3.63, 3.8) is 0 Å². The summed E-state index contributed by atoms with van der Waals surface area (Å²) < 4.78 is 13.5. The molecule has 2 rings (SSSR count). The second-order valence-electron chi connectivity index (χ2n) is 3.14. The van der Waals surface area contributed by atoms with Gasteiger partial charge in [-0.05, 0) is 12.1 Å². The number of hydrogen-bond acceptors (Lipinski definition) is 4. The third-order valence-corrected chi connectivity index (χ3v) is 2.93. The van der Waals surface area contributed by atoms with Crippen molar-refractivity contribution in [3.8, 4) is 0 Å². The van der Waals surface area contributed by atoms with E-state index in [9.17, 15) is 4.39 Å². The van der Waals surface area contributed by atoms with E-state index < -0.39 is 0 Å². The van der Waals surface area contributed by atoms with Gasteiger partial charge in [-0.2, -0.15) is 0 Å². The highest BCUT2D eigenvalue weighted by molar-refractivity contribution is 7.98. The first-order chi connectivity index (χ1) is 7.77. The van der Waals surface area contributed by atoms with Gasteiger partial charge in [-0.25, -0.2) is 14.4 Å². The summed E-state index contributed by atoms with van der Waals surface area (Å²) in [6.45, 7) is 0. The highest BCUT2D eigenvalue weighted by Gasteiger charge is 2.06. The lowest BCUT2D eigenvalue weighted by Crippen LogP contribution is -1.95. The topological polar surface area (TPSA) is 51.8 Å². The summed E-state index contributed by atoms with van der Waals surface area (Å²) in [5.74, 6) is 0.117. The fourth-order valence-corrected chi connectivity index (χ4v) is 1.99. The highest BCUT2D eigenvalue weighted by atomic mass is 32.2. The third kappa shape index (κ3) is 2.49. The van der Waals surface area contributed by atoms with Gasteiger partial charge >= 0.3 is 0 Å². The van der Waals surface area contributed by atoms with Gasteiger partial charge in [0.05, 0.1) is 5.69 Å². The van der Waals surface area contributed by atoms with Crippen molar-refractivity contribution in [3.05, 3.63) is 48.0 Å². The van der Waals surface area contributed by atoms with E-state index in [0.717, 1.165) is 0 Å². The summed E-state index contributed by atoms with van der Waals surface area (Å²) in [4.78, 5) is 8.09. The van der Waals surface area contributed by atoms with E-state index in [1.807, 2.05) is 0 Å². The monoisotopic (exact) mass is 235 g/mol. The molecule has 0 unspecified atom stereocenters. The fourth-order valence-electron chi connectivity index (χ4n) is 1.21. The number of nitrogens with zero attached hydrogens (tertiary/aromatic N) is 2. The van der Waals surface area contributed by atoms with Crippen molar-refractivity contribution in [2.75, 3.05) is 5.73 Å². The number of nitrogen functional groups attached to an aromatic ring is 1. The van der Waals surface area contributed by atoms with Gasteiger partial charge in [-0.15, -0.1) is 0 Å². The second kappa shape index (κ2) is 4.94. The van der Waals surface area contributed by atoms with E-state index in [2.05, 4.69) is 9.97 Å². The number of anilines is 1. The zero-order valence-electron chi connectivity index (χ0n) is 8.43. The molecule has 0 amide bonds. The van der Waals surface area contributed by atoms with Crippen molar-refractivity contribution in [1.82, 2.24) is 9.97 Å². The number of nitrogens with two attached hydrogens (primary N) is 1. The zero-order chi connectivity index (χ0) is 11.4. The predicted molar refractivity (Wildman–Crippen MR) is 62.4 cm³/mol. The molecule has 2 aromatic rings. The first-order valence-corrected chi connectivity index (χ1v) is 5.68. The minimum atomic E-state index is -0.356. The predicted octanol–water partition coefficient (Wildman–Crippen LogP) is 2.49. The van der Waals surface area contributed by atoms with Crippen molar-refractivity contribution >= 4 is 17.4 Å². The van der Waals surface area contributed by atoms with Crippen molar-refractivity contribution in [2.45, 2.75) is 10.9 Å². The second-order valence-corrected chi connectivity index (χ2v) is 4.08. The lowest BCUT2D eigenvalue weighted by atomic mass is 10.2. The number of thioether (sulfide) groups is 1. The van der Waals surface area contributed by atoms with Crippen molar-refractivity contribution < 1.29 is 4.39 Å². The Kier molecular flexibility index (Phi) is 3.36. The minimum Gasteiger partial charge on any atom is -0.396 e. The molecule has 0 radical (unpaired) electrons. The number of rotatable bonds is 3. The summed E-state index contributed by atoms with van der Waals surface area (Å²) in [6, 6.07) is 6.73. The van der Waals surface area contributed by atoms with Crippen LogP contribution in [0.4, 0.5) is 10.1 Å². The Morgan fingerprint density at radius 2 is 1.94 bits per heavy atom. The van der Waals surface area contributed by atoms with Gasteiger partial charge in [0, 0.05) is 23.7 Å². The minimum absolute atomic E-state index is 0.173. The van der Waals surface area contributed by atoms with Crippen LogP contribution in [0, 0.1) is 5.82 Å². The Hall–Kier alpha value is -1.62. The van der Waals surface area contributed by atoms with Crippen LogP contribution >= 0.6 is 11.8 Å². The third-order valence-electron chi connectivity index (χ3n) is 2.01. The van der Waals surface area contributed by atoms with Crippen LogP contribution in [0.15, 0.2) is 41.8 Å². The van der Waals surface area contributed by atoms with E-state index in [1.54, 1.807) is 36.7 Å². The van der Waals surface area contributed by atoms with Crippen LogP contribution in [0.3, 0.4) is 0 Å². The fraction of sp³-hybridized carbons (Fsp3) is 0.0909. The normalized spacial score (nSPS) is 10.3. The van der Waals surface area contributed by atoms with Gasteiger partial charge in [0.25, 0.3) is 0 Å². The number of hydrogen-bond donors (Lipinski definition) is 1. The van der Waals surface area contributed by atoms with Crippen molar-refractivity contribution in [1.29, 1.82) is 0 Å². The van der Waals surface area contributed by atoms with E-state index in [-0.39, 0.29) is 11.5 Å². The molecule has 0 saturated carbocycles. The van der Waals surface area contributed by atoms with Crippen LogP contribution in [0.25, 0.3) is 0 Å². The van der Waals surface area contributed by atoms with Gasteiger partial charge in [-0.3, -0.25) is 0 Å². The van der Waals surface area contributed by atoms with Gasteiger partial charge in [0.1, 0.15) is 5.82 Å². The molecule has 82 valence electrons. The standard InChI is InChI=1S/C11H10FN3S/c12-10-8(3-1-4-9(10)13)7-16-11-14-5-2-6-15-11/h1-6H,7,13H2. The molecule has 0 aliphatic heterocycles. The Morgan fingerprint density at radius 1 is 1.19 bits per heavy atom. The van der Waals surface area contributed by atoms with Crippen LogP contribution in [-0.2, 0) is 5.75 Å². The average molecular weight is 235 g/mol. The summed E-state index contributed by atoms with van der Waals surface area (Å²) in [5.41, 5.74) is 6.21. The maximum absolute atomic E-state index is 13.5. The van der Waals surface area contributed by atoms with Gasteiger partial charge in [-0.1, -0.05) is 23.9 Å². The zero-order valence-corrected chi connectivity index (χ0v) is 9.25. The summed E-state index contributed by atoms with van der Waals surface area (Å²) in [6.07, 6.45) is 3.32. The largest absolute Gasteiger partial charge is 0.396 e. The van der Waals surface area contributed by atoms with Gasteiger partial charge < -0.3 is 5.73 Å². The van der Waals surface area contributed by atoms with Crippen LogP contribution in [0.2, 0.25) is 0 Å². The number of benzene rings is 1. The summed E-state index contributed by atoms with van der Waals surface area (Å²) >= 11 is 1.38. The van der Waals surface area contributed by atoms with E-state index >= 15 is 0 Å². The molecule has 0 aliphatic rings. The molecule has 1 aromatic carbocycles. The molecule has 3 nitrogen and oxygen atoms in total. The number of halogens is 1. The molecule has 0 bridgehead atoms. The molecular weight excluding hydrogens is 225 g/mol. The average Bonchev–Trinajstić information content (AvgIpc) is 2.32. The molecule has 16 heavy (non-hydrogen) atoms. The molecule has 1 aromatic heterocycles. The van der Waals surface area contributed by atoms with E-state index in [0.29, 0.717) is 16.5 Å². The van der Waals surface area contributed by atoms with Crippen LogP contribution in [0.1, 0.15) is 5.56 Å². The smallest absolute Gasteiger partial charge is 0.187 e. The maximum Gasteiger partial charge on any atom is 0.187 e. The Balaban J connectivity index is 2.08. The van der Waals surface area contributed by atoms with Crippen LogP contribution in [-0.4, -0.2) is 9.97 Å². The first kappa shape index (κ1) is 10.9. The lowest BCUT2D eigenvalue weighted by Gasteiger charge is -2.03.